The van der Waals surface area contributed by atoms with E-state index in [4.69, 9.17) is 11.6 Å². The predicted octanol–water partition coefficient (Wildman–Crippen LogP) is 4.19. The van der Waals surface area contributed by atoms with Crippen molar-refractivity contribution in [3.05, 3.63) is 58.6 Å². The first-order valence-corrected chi connectivity index (χ1v) is 7.05. The van der Waals surface area contributed by atoms with E-state index in [2.05, 4.69) is 21.2 Å². The van der Waals surface area contributed by atoms with Crippen molar-refractivity contribution in [2.24, 2.45) is 0 Å². The number of halogens is 2. The lowest BCUT2D eigenvalue weighted by molar-refractivity contribution is 0.102. The Morgan fingerprint density at radius 1 is 1.21 bits per heavy atom. The van der Waals surface area contributed by atoms with Crippen molar-refractivity contribution in [2.75, 3.05) is 5.32 Å². The number of anilines is 1. The molecule has 5 heteroatoms. The normalized spacial score (nSPS) is 10.2. The Labute approximate surface area is 124 Å². The van der Waals surface area contributed by atoms with Gasteiger partial charge in [-0.05, 0) is 35.9 Å². The molecule has 0 aliphatic heterocycles. The summed E-state index contributed by atoms with van der Waals surface area (Å²) in [5.41, 5.74) is 2.23. The molecular formula is C14H11BrClNO2. The first kappa shape index (κ1) is 13.9. The lowest BCUT2D eigenvalue weighted by Crippen LogP contribution is -2.11. The van der Waals surface area contributed by atoms with E-state index in [0.717, 1.165) is 10.9 Å². The molecule has 0 saturated carbocycles. The summed E-state index contributed by atoms with van der Waals surface area (Å²) in [5.74, 6) is -0.312. The summed E-state index contributed by atoms with van der Waals surface area (Å²) in [6.07, 6.45) is 0. The molecule has 2 rings (SSSR count). The van der Waals surface area contributed by atoms with E-state index in [1.807, 2.05) is 24.3 Å². The number of phenols is 1. The van der Waals surface area contributed by atoms with Crippen molar-refractivity contribution in [1.29, 1.82) is 0 Å². The van der Waals surface area contributed by atoms with E-state index < -0.39 is 0 Å². The van der Waals surface area contributed by atoms with Crippen LogP contribution in [-0.4, -0.2) is 11.0 Å². The van der Waals surface area contributed by atoms with Gasteiger partial charge in [0.1, 0.15) is 5.75 Å². The number of nitrogens with one attached hydrogen (secondary N) is 1. The summed E-state index contributed by atoms with van der Waals surface area (Å²) in [6, 6.07) is 11.9. The number of rotatable bonds is 3. The molecule has 2 aromatic rings. The number of phenolic OH excluding ortho intramolecular Hbond substituents is 1. The molecule has 0 atom stereocenters. The molecule has 0 fully saturated rings. The number of hydrogen-bond donors (Lipinski definition) is 2. The van der Waals surface area contributed by atoms with E-state index in [-0.39, 0.29) is 16.7 Å². The predicted molar refractivity (Wildman–Crippen MR) is 80.1 cm³/mol. The largest absolute Gasteiger partial charge is 0.506 e. The molecule has 0 heterocycles. The number of hydrogen-bond acceptors (Lipinski definition) is 2. The van der Waals surface area contributed by atoms with Gasteiger partial charge in [-0.2, -0.15) is 0 Å². The highest BCUT2D eigenvalue weighted by molar-refractivity contribution is 9.08. The lowest BCUT2D eigenvalue weighted by atomic mass is 10.2. The van der Waals surface area contributed by atoms with E-state index in [9.17, 15) is 9.90 Å². The number of carbonyl (C=O) groups is 1. The van der Waals surface area contributed by atoms with Gasteiger partial charge in [0.25, 0.3) is 5.91 Å². The van der Waals surface area contributed by atoms with Gasteiger partial charge < -0.3 is 10.4 Å². The van der Waals surface area contributed by atoms with E-state index in [1.165, 1.54) is 18.2 Å². The quantitative estimate of drug-likeness (QED) is 0.823. The minimum Gasteiger partial charge on any atom is -0.506 e. The molecule has 0 saturated heterocycles. The summed E-state index contributed by atoms with van der Waals surface area (Å²) < 4.78 is 0. The third-order valence-corrected chi connectivity index (χ3v) is 3.53. The van der Waals surface area contributed by atoms with Crippen LogP contribution in [0.15, 0.2) is 42.5 Å². The van der Waals surface area contributed by atoms with Gasteiger partial charge in [-0.3, -0.25) is 4.79 Å². The highest BCUT2D eigenvalue weighted by atomic mass is 79.9. The molecule has 0 aromatic heterocycles. The van der Waals surface area contributed by atoms with Gasteiger partial charge in [0, 0.05) is 16.6 Å². The Hall–Kier alpha value is -1.52. The van der Waals surface area contributed by atoms with Crippen LogP contribution in [0.5, 0.6) is 5.75 Å². The maximum Gasteiger partial charge on any atom is 0.255 e. The van der Waals surface area contributed by atoms with Crippen molar-refractivity contribution in [2.45, 2.75) is 5.33 Å². The SMILES string of the molecule is O=C(Nc1ccc(CBr)cc1)c1ccc(O)c(Cl)c1. The number of amides is 1. The maximum atomic E-state index is 12.0. The smallest absolute Gasteiger partial charge is 0.255 e. The standard InChI is InChI=1S/C14H11BrClNO2/c15-8-9-1-4-11(5-2-9)17-14(19)10-3-6-13(18)12(16)7-10/h1-7,18H,8H2,(H,17,19). The molecule has 0 aliphatic carbocycles. The lowest BCUT2D eigenvalue weighted by Gasteiger charge is -2.06. The van der Waals surface area contributed by atoms with Crippen LogP contribution in [0.4, 0.5) is 5.69 Å². The van der Waals surface area contributed by atoms with Crippen molar-refractivity contribution >= 4 is 39.1 Å². The van der Waals surface area contributed by atoms with Crippen LogP contribution in [0.1, 0.15) is 15.9 Å². The Balaban J connectivity index is 2.13. The van der Waals surface area contributed by atoms with Crippen molar-refractivity contribution in [3.63, 3.8) is 0 Å². The third kappa shape index (κ3) is 3.49. The number of benzene rings is 2. The third-order valence-electron chi connectivity index (χ3n) is 2.58. The van der Waals surface area contributed by atoms with Crippen LogP contribution in [0.25, 0.3) is 0 Å². The molecule has 3 nitrogen and oxygen atoms in total. The van der Waals surface area contributed by atoms with Crippen LogP contribution in [0.3, 0.4) is 0 Å². The molecular weight excluding hydrogens is 330 g/mol. The van der Waals surface area contributed by atoms with Gasteiger partial charge in [0.05, 0.1) is 5.02 Å². The van der Waals surface area contributed by atoms with Crippen molar-refractivity contribution in [3.8, 4) is 5.75 Å². The van der Waals surface area contributed by atoms with Gasteiger partial charge in [-0.25, -0.2) is 0 Å². The zero-order valence-corrected chi connectivity index (χ0v) is 12.2. The van der Waals surface area contributed by atoms with Gasteiger partial charge in [0.2, 0.25) is 0 Å². The van der Waals surface area contributed by atoms with E-state index in [1.54, 1.807) is 0 Å². The topological polar surface area (TPSA) is 49.3 Å². The second-order valence-corrected chi connectivity index (χ2v) is 4.92. The highest BCUT2D eigenvalue weighted by Gasteiger charge is 2.08. The fraction of sp³-hybridized carbons (Fsp3) is 0.0714. The van der Waals surface area contributed by atoms with Crippen LogP contribution >= 0.6 is 27.5 Å². The zero-order chi connectivity index (χ0) is 13.8. The van der Waals surface area contributed by atoms with Crippen LogP contribution in [0, 0.1) is 0 Å². The van der Waals surface area contributed by atoms with Crippen LogP contribution in [0.2, 0.25) is 5.02 Å². The summed E-state index contributed by atoms with van der Waals surface area (Å²) in [6.45, 7) is 0. The molecule has 0 unspecified atom stereocenters. The Kier molecular flexibility index (Phi) is 4.45. The number of carbonyl (C=O) groups excluding carboxylic acids is 1. The minimum atomic E-state index is -0.270. The molecule has 98 valence electrons. The minimum absolute atomic E-state index is 0.0418. The Morgan fingerprint density at radius 2 is 1.89 bits per heavy atom. The fourth-order valence-electron chi connectivity index (χ4n) is 1.53. The fourth-order valence-corrected chi connectivity index (χ4v) is 2.08. The Morgan fingerprint density at radius 3 is 2.47 bits per heavy atom. The first-order chi connectivity index (χ1) is 9.10. The zero-order valence-electron chi connectivity index (χ0n) is 9.86. The molecule has 2 aromatic carbocycles. The van der Waals surface area contributed by atoms with E-state index in [0.29, 0.717) is 11.3 Å². The maximum absolute atomic E-state index is 12.0. The molecule has 0 aliphatic rings. The molecule has 19 heavy (non-hydrogen) atoms. The molecule has 0 bridgehead atoms. The number of aromatic hydroxyl groups is 1. The second kappa shape index (κ2) is 6.08. The summed E-state index contributed by atoms with van der Waals surface area (Å²) in [5, 5.41) is 13.0. The van der Waals surface area contributed by atoms with Crippen molar-refractivity contribution < 1.29 is 9.90 Å². The highest BCUT2D eigenvalue weighted by Crippen LogP contribution is 2.24. The average molecular weight is 341 g/mol. The summed E-state index contributed by atoms with van der Waals surface area (Å²) in [7, 11) is 0. The van der Waals surface area contributed by atoms with Crippen LogP contribution in [-0.2, 0) is 5.33 Å². The van der Waals surface area contributed by atoms with Crippen molar-refractivity contribution in [1.82, 2.24) is 0 Å². The second-order valence-electron chi connectivity index (χ2n) is 3.95. The molecule has 2 N–H and O–H groups in total. The summed E-state index contributed by atoms with van der Waals surface area (Å²) in [4.78, 5) is 12.0. The van der Waals surface area contributed by atoms with Gasteiger partial charge in [-0.15, -0.1) is 0 Å². The van der Waals surface area contributed by atoms with Gasteiger partial charge >= 0.3 is 0 Å². The van der Waals surface area contributed by atoms with Crippen LogP contribution < -0.4 is 5.32 Å². The monoisotopic (exact) mass is 339 g/mol. The number of alkyl halides is 1. The molecule has 1 amide bonds. The first-order valence-electron chi connectivity index (χ1n) is 5.55. The van der Waals surface area contributed by atoms with Gasteiger partial charge in [0.15, 0.2) is 0 Å². The molecule has 0 spiro atoms. The van der Waals surface area contributed by atoms with Gasteiger partial charge in [-0.1, -0.05) is 39.7 Å². The van der Waals surface area contributed by atoms with E-state index >= 15 is 0 Å². The molecule has 0 radical (unpaired) electrons. The average Bonchev–Trinajstić information content (AvgIpc) is 2.42. The Bertz CT molecular complexity index is 599. The summed E-state index contributed by atoms with van der Waals surface area (Å²) >= 11 is 9.12.